The molecule has 0 spiro atoms. The maximum absolute atomic E-state index is 12.0. The average molecular weight is 276 g/mol. The quantitative estimate of drug-likeness (QED) is 0.831. The lowest BCUT2D eigenvalue weighted by molar-refractivity contribution is -0.126. The van der Waals surface area contributed by atoms with E-state index in [9.17, 15) is 4.79 Å². The first-order valence-electron chi connectivity index (χ1n) is 6.83. The highest BCUT2D eigenvalue weighted by Crippen LogP contribution is 2.23. The van der Waals surface area contributed by atoms with E-state index >= 15 is 0 Å². The second-order valence-corrected chi connectivity index (χ2v) is 5.55. The summed E-state index contributed by atoms with van der Waals surface area (Å²) in [5.74, 6) is 0.405. The number of nitrogens with one attached hydrogen (secondary N) is 1. The fourth-order valence-corrected chi connectivity index (χ4v) is 2.62. The molecule has 102 valence electrons. The van der Waals surface area contributed by atoms with Crippen LogP contribution in [0.15, 0.2) is 24.3 Å². The number of hydrogen-bond acceptors (Lipinski definition) is 2. The van der Waals surface area contributed by atoms with Gasteiger partial charge in [0.15, 0.2) is 0 Å². The van der Waals surface area contributed by atoms with Gasteiger partial charge in [0.05, 0.1) is 0 Å². The summed E-state index contributed by atoms with van der Waals surface area (Å²) in [7, 11) is 0. The summed E-state index contributed by atoms with van der Waals surface area (Å²) in [6, 6.07) is 7.69. The van der Waals surface area contributed by atoms with Gasteiger partial charge in [0.25, 0.3) is 0 Å². The molecule has 1 aliphatic carbocycles. The van der Waals surface area contributed by atoms with E-state index < -0.39 is 0 Å². The first-order chi connectivity index (χ1) is 9.16. The number of carbonyl (C=O) groups is 1. The predicted molar refractivity (Wildman–Crippen MR) is 80.8 cm³/mol. The molecular formula is C15H20N2OS. The van der Waals surface area contributed by atoms with Gasteiger partial charge in [0.1, 0.15) is 4.99 Å². The maximum atomic E-state index is 12.0. The second kappa shape index (κ2) is 6.66. The number of benzene rings is 1. The first-order valence-corrected chi connectivity index (χ1v) is 7.24. The Morgan fingerprint density at radius 3 is 2.42 bits per heavy atom. The molecule has 0 bridgehead atoms. The molecule has 1 fully saturated rings. The molecular weight excluding hydrogens is 256 g/mol. The Morgan fingerprint density at radius 1 is 1.21 bits per heavy atom. The van der Waals surface area contributed by atoms with Crippen LogP contribution in [0.5, 0.6) is 0 Å². The van der Waals surface area contributed by atoms with E-state index in [1.807, 2.05) is 24.3 Å². The Balaban J connectivity index is 1.84. The summed E-state index contributed by atoms with van der Waals surface area (Å²) in [6.45, 7) is 0.576. The van der Waals surface area contributed by atoms with Crippen LogP contribution in [-0.4, -0.2) is 10.9 Å². The van der Waals surface area contributed by atoms with Crippen LogP contribution in [0.3, 0.4) is 0 Å². The highest BCUT2D eigenvalue weighted by Gasteiger charge is 2.20. The standard InChI is InChI=1S/C15H20N2OS/c16-14(19)12-8-6-11(7-9-12)10-17-15(18)13-4-2-1-3-5-13/h6-9,13H,1-5,10H2,(H2,16,19)(H,17,18). The Labute approximate surface area is 119 Å². The SMILES string of the molecule is NC(=S)c1ccc(CNC(=O)C2CCCCC2)cc1. The van der Waals surface area contributed by atoms with Gasteiger partial charge >= 0.3 is 0 Å². The van der Waals surface area contributed by atoms with Crippen LogP contribution >= 0.6 is 12.2 Å². The third kappa shape index (κ3) is 4.03. The molecule has 0 radical (unpaired) electrons. The molecule has 0 saturated heterocycles. The normalized spacial score (nSPS) is 16.0. The molecule has 1 aromatic carbocycles. The van der Waals surface area contributed by atoms with Crippen molar-refractivity contribution in [3.05, 3.63) is 35.4 Å². The van der Waals surface area contributed by atoms with Gasteiger partial charge in [-0.3, -0.25) is 4.79 Å². The molecule has 3 N–H and O–H groups in total. The van der Waals surface area contributed by atoms with Crippen molar-refractivity contribution in [3.8, 4) is 0 Å². The Morgan fingerprint density at radius 2 is 1.84 bits per heavy atom. The third-order valence-corrected chi connectivity index (χ3v) is 3.92. The summed E-state index contributed by atoms with van der Waals surface area (Å²) in [5, 5.41) is 3.01. The molecule has 0 atom stereocenters. The molecule has 0 heterocycles. The van der Waals surface area contributed by atoms with Crippen molar-refractivity contribution in [2.75, 3.05) is 0 Å². The lowest BCUT2D eigenvalue weighted by atomic mass is 9.88. The third-order valence-electron chi connectivity index (χ3n) is 3.68. The van der Waals surface area contributed by atoms with Crippen molar-refractivity contribution in [3.63, 3.8) is 0 Å². The summed E-state index contributed by atoms with van der Waals surface area (Å²) >= 11 is 4.90. The van der Waals surface area contributed by atoms with E-state index in [-0.39, 0.29) is 11.8 Å². The van der Waals surface area contributed by atoms with E-state index in [4.69, 9.17) is 18.0 Å². The van der Waals surface area contributed by atoms with Crippen LogP contribution in [0.2, 0.25) is 0 Å². The van der Waals surface area contributed by atoms with Crippen LogP contribution in [0.25, 0.3) is 0 Å². The zero-order valence-electron chi connectivity index (χ0n) is 11.0. The van der Waals surface area contributed by atoms with Gasteiger partial charge in [-0.05, 0) is 18.4 Å². The van der Waals surface area contributed by atoms with Crippen molar-refractivity contribution in [1.29, 1.82) is 0 Å². The minimum atomic E-state index is 0.193. The number of carbonyl (C=O) groups excluding carboxylic acids is 1. The lowest BCUT2D eigenvalue weighted by Gasteiger charge is -2.20. The molecule has 0 unspecified atom stereocenters. The maximum Gasteiger partial charge on any atom is 0.223 e. The average Bonchev–Trinajstić information content (AvgIpc) is 2.46. The number of nitrogens with two attached hydrogens (primary N) is 1. The molecule has 3 nitrogen and oxygen atoms in total. The van der Waals surface area contributed by atoms with Gasteiger partial charge in [-0.15, -0.1) is 0 Å². The molecule has 19 heavy (non-hydrogen) atoms. The molecule has 1 aliphatic rings. The largest absolute Gasteiger partial charge is 0.389 e. The van der Waals surface area contributed by atoms with Crippen molar-refractivity contribution < 1.29 is 4.79 Å². The molecule has 2 rings (SSSR count). The van der Waals surface area contributed by atoms with Crippen LogP contribution in [-0.2, 0) is 11.3 Å². The van der Waals surface area contributed by atoms with Crippen LogP contribution in [0.1, 0.15) is 43.2 Å². The lowest BCUT2D eigenvalue weighted by Crippen LogP contribution is -2.31. The van der Waals surface area contributed by atoms with Crippen LogP contribution in [0.4, 0.5) is 0 Å². The monoisotopic (exact) mass is 276 g/mol. The Kier molecular flexibility index (Phi) is 4.91. The van der Waals surface area contributed by atoms with Crippen molar-refractivity contribution >= 4 is 23.1 Å². The smallest absolute Gasteiger partial charge is 0.223 e. The van der Waals surface area contributed by atoms with Gasteiger partial charge in [0.2, 0.25) is 5.91 Å². The van der Waals surface area contributed by atoms with E-state index in [1.165, 1.54) is 19.3 Å². The molecule has 1 saturated carbocycles. The molecule has 1 amide bonds. The summed E-state index contributed by atoms with van der Waals surface area (Å²) in [5.41, 5.74) is 7.48. The summed E-state index contributed by atoms with van der Waals surface area (Å²) < 4.78 is 0. The van der Waals surface area contributed by atoms with Gasteiger partial charge < -0.3 is 11.1 Å². The van der Waals surface area contributed by atoms with Crippen LogP contribution in [0, 0.1) is 5.92 Å². The Hall–Kier alpha value is -1.42. The predicted octanol–water partition coefficient (Wildman–Crippen LogP) is 2.52. The highest BCUT2D eigenvalue weighted by atomic mass is 32.1. The second-order valence-electron chi connectivity index (χ2n) is 5.11. The minimum Gasteiger partial charge on any atom is -0.389 e. The number of hydrogen-bond donors (Lipinski definition) is 2. The van der Waals surface area contributed by atoms with Gasteiger partial charge in [0, 0.05) is 18.0 Å². The zero-order chi connectivity index (χ0) is 13.7. The first kappa shape index (κ1) is 14.0. The highest BCUT2D eigenvalue weighted by molar-refractivity contribution is 7.80. The molecule has 0 aliphatic heterocycles. The molecule has 4 heteroatoms. The fourth-order valence-electron chi connectivity index (χ4n) is 2.49. The zero-order valence-corrected chi connectivity index (χ0v) is 11.8. The Bertz CT molecular complexity index is 450. The topological polar surface area (TPSA) is 55.1 Å². The van der Waals surface area contributed by atoms with Crippen molar-refractivity contribution in [2.45, 2.75) is 38.6 Å². The fraction of sp³-hybridized carbons (Fsp3) is 0.467. The minimum absolute atomic E-state index is 0.193. The van der Waals surface area contributed by atoms with Gasteiger partial charge in [-0.2, -0.15) is 0 Å². The van der Waals surface area contributed by atoms with E-state index in [0.717, 1.165) is 24.0 Å². The van der Waals surface area contributed by atoms with E-state index in [1.54, 1.807) is 0 Å². The number of rotatable bonds is 4. The van der Waals surface area contributed by atoms with Gasteiger partial charge in [-0.25, -0.2) is 0 Å². The van der Waals surface area contributed by atoms with Gasteiger partial charge in [-0.1, -0.05) is 55.7 Å². The summed E-state index contributed by atoms with van der Waals surface area (Å²) in [4.78, 5) is 12.4. The number of amides is 1. The molecule has 0 aromatic heterocycles. The van der Waals surface area contributed by atoms with Crippen molar-refractivity contribution in [2.24, 2.45) is 11.7 Å². The summed E-state index contributed by atoms with van der Waals surface area (Å²) in [6.07, 6.45) is 5.70. The number of thiocarbonyl (C=S) groups is 1. The van der Waals surface area contributed by atoms with Crippen LogP contribution < -0.4 is 11.1 Å². The van der Waals surface area contributed by atoms with Crippen molar-refractivity contribution in [1.82, 2.24) is 5.32 Å². The molecule has 1 aromatic rings. The van der Waals surface area contributed by atoms with E-state index in [2.05, 4.69) is 5.32 Å². The van der Waals surface area contributed by atoms with E-state index in [0.29, 0.717) is 11.5 Å².